The number of hydrogen-bond donors (Lipinski definition) is 2. The lowest BCUT2D eigenvalue weighted by molar-refractivity contribution is 0.0963. The number of rotatable bonds is 3. The molecule has 0 spiro atoms. The molecule has 0 radical (unpaired) electrons. The summed E-state index contributed by atoms with van der Waals surface area (Å²) in [5.74, 6) is 0.172. The molecule has 1 aromatic carbocycles. The summed E-state index contributed by atoms with van der Waals surface area (Å²) >= 11 is 0. The summed E-state index contributed by atoms with van der Waals surface area (Å²) in [6, 6.07) is 9.19. The molecule has 1 aliphatic carbocycles. The minimum atomic E-state index is -0.177. The van der Waals surface area contributed by atoms with Crippen LogP contribution in [0, 0.1) is 0 Å². The summed E-state index contributed by atoms with van der Waals surface area (Å²) in [5.41, 5.74) is 2.63. The van der Waals surface area contributed by atoms with Gasteiger partial charge in [-0.15, -0.1) is 0 Å². The fourth-order valence-electron chi connectivity index (χ4n) is 3.98. The Morgan fingerprint density at radius 2 is 1.89 bits per heavy atom. The van der Waals surface area contributed by atoms with Gasteiger partial charge in [-0.25, -0.2) is 4.79 Å². The monoisotopic (exact) mass is 367 g/mol. The van der Waals surface area contributed by atoms with Crippen LogP contribution in [0.5, 0.6) is 0 Å². The van der Waals surface area contributed by atoms with E-state index in [-0.39, 0.29) is 18.0 Å². The van der Waals surface area contributed by atoms with Crippen LogP contribution in [0.2, 0.25) is 0 Å². The minimum absolute atomic E-state index is 0.154. The molecular formula is C21H25N3O3. The predicted molar refractivity (Wildman–Crippen MR) is 104 cm³/mol. The van der Waals surface area contributed by atoms with Crippen molar-refractivity contribution in [2.45, 2.75) is 51.0 Å². The van der Waals surface area contributed by atoms with Gasteiger partial charge in [-0.1, -0.05) is 31.7 Å². The average molecular weight is 367 g/mol. The SMILES string of the molecule is O=C(Nc1ccc2c(c1)N(C(=O)c1ccco1)CC2)NC1CCCCCC1. The molecule has 2 N–H and O–H groups in total. The number of hydrogen-bond acceptors (Lipinski definition) is 3. The van der Waals surface area contributed by atoms with E-state index < -0.39 is 0 Å². The molecule has 1 aliphatic heterocycles. The van der Waals surface area contributed by atoms with E-state index in [9.17, 15) is 9.59 Å². The maximum Gasteiger partial charge on any atom is 0.319 e. The molecular weight excluding hydrogens is 342 g/mol. The number of nitrogens with zero attached hydrogens (tertiary/aromatic N) is 1. The molecule has 2 aliphatic rings. The number of benzene rings is 1. The van der Waals surface area contributed by atoms with Crippen LogP contribution >= 0.6 is 0 Å². The molecule has 142 valence electrons. The lowest BCUT2D eigenvalue weighted by Gasteiger charge is -2.18. The third-order valence-corrected chi connectivity index (χ3v) is 5.41. The largest absolute Gasteiger partial charge is 0.459 e. The van der Waals surface area contributed by atoms with Crippen molar-refractivity contribution >= 4 is 23.3 Å². The lowest BCUT2D eigenvalue weighted by atomic mass is 10.1. The molecule has 1 fully saturated rings. The molecule has 0 saturated heterocycles. The van der Waals surface area contributed by atoms with Gasteiger partial charge in [-0.05, 0) is 49.1 Å². The number of furan rings is 1. The van der Waals surface area contributed by atoms with E-state index >= 15 is 0 Å². The Morgan fingerprint density at radius 1 is 1.07 bits per heavy atom. The Bertz CT molecular complexity index is 808. The number of carbonyl (C=O) groups excluding carboxylic acids is 2. The molecule has 4 rings (SSSR count). The normalized spacial score (nSPS) is 17.3. The standard InChI is InChI=1S/C21H25N3O3/c25-20(19-8-5-13-27-19)24-12-11-15-9-10-17(14-18(15)24)23-21(26)22-16-6-3-1-2-4-7-16/h5,8-10,13-14,16H,1-4,6-7,11-12H2,(H2,22,23,26). The highest BCUT2D eigenvalue weighted by molar-refractivity contribution is 6.06. The van der Waals surface area contributed by atoms with Crippen LogP contribution in [0.3, 0.4) is 0 Å². The summed E-state index contributed by atoms with van der Waals surface area (Å²) in [4.78, 5) is 26.7. The van der Waals surface area contributed by atoms with Crippen molar-refractivity contribution in [3.05, 3.63) is 47.9 Å². The van der Waals surface area contributed by atoms with Crippen LogP contribution in [0.4, 0.5) is 16.2 Å². The summed E-state index contributed by atoms with van der Waals surface area (Å²) in [6.45, 7) is 0.618. The highest BCUT2D eigenvalue weighted by Crippen LogP contribution is 2.32. The van der Waals surface area contributed by atoms with Crippen molar-refractivity contribution in [3.63, 3.8) is 0 Å². The molecule has 2 heterocycles. The lowest BCUT2D eigenvalue weighted by Crippen LogP contribution is -2.37. The topological polar surface area (TPSA) is 74.6 Å². The second-order valence-electron chi connectivity index (χ2n) is 7.31. The Hall–Kier alpha value is -2.76. The number of fused-ring (bicyclic) bond motifs is 1. The first-order chi connectivity index (χ1) is 13.2. The van der Waals surface area contributed by atoms with Crippen molar-refractivity contribution in [3.8, 4) is 0 Å². The van der Waals surface area contributed by atoms with Gasteiger partial charge in [-0.2, -0.15) is 0 Å². The van der Waals surface area contributed by atoms with Gasteiger partial charge in [0.25, 0.3) is 5.91 Å². The molecule has 0 bridgehead atoms. The molecule has 0 unspecified atom stereocenters. The molecule has 3 amide bonds. The van der Waals surface area contributed by atoms with Gasteiger partial charge in [0.2, 0.25) is 0 Å². The Kier molecular flexibility index (Phi) is 5.14. The zero-order valence-electron chi connectivity index (χ0n) is 15.4. The smallest absolute Gasteiger partial charge is 0.319 e. The van der Waals surface area contributed by atoms with Crippen molar-refractivity contribution in [1.82, 2.24) is 5.32 Å². The minimum Gasteiger partial charge on any atom is -0.459 e. The molecule has 1 saturated carbocycles. The summed E-state index contributed by atoms with van der Waals surface area (Å²) < 4.78 is 5.24. The second kappa shape index (κ2) is 7.86. The molecule has 6 nitrogen and oxygen atoms in total. The first-order valence-corrected chi connectivity index (χ1v) is 9.76. The zero-order chi connectivity index (χ0) is 18.6. The zero-order valence-corrected chi connectivity index (χ0v) is 15.4. The van der Waals surface area contributed by atoms with Gasteiger partial charge in [0, 0.05) is 24.0 Å². The molecule has 6 heteroatoms. The third kappa shape index (κ3) is 3.99. The van der Waals surface area contributed by atoms with E-state index in [1.165, 1.54) is 31.9 Å². The van der Waals surface area contributed by atoms with Crippen LogP contribution in [0.15, 0.2) is 41.0 Å². The van der Waals surface area contributed by atoms with Crippen LogP contribution in [0.25, 0.3) is 0 Å². The number of amides is 3. The quantitative estimate of drug-likeness (QED) is 0.793. The van der Waals surface area contributed by atoms with E-state index in [4.69, 9.17) is 4.42 Å². The Balaban J connectivity index is 1.43. The molecule has 0 atom stereocenters. The fraction of sp³-hybridized carbons (Fsp3) is 0.429. The number of carbonyl (C=O) groups is 2. The first kappa shape index (κ1) is 17.6. The van der Waals surface area contributed by atoms with E-state index in [1.807, 2.05) is 18.2 Å². The Morgan fingerprint density at radius 3 is 2.63 bits per heavy atom. The molecule has 27 heavy (non-hydrogen) atoms. The molecule has 1 aromatic heterocycles. The number of nitrogens with one attached hydrogen (secondary N) is 2. The van der Waals surface area contributed by atoms with Crippen LogP contribution < -0.4 is 15.5 Å². The van der Waals surface area contributed by atoms with Crippen molar-refractivity contribution < 1.29 is 14.0 Å². The Labute approximate surface area is 158 Å². The maximum atomic E-state index is 12.6. The van der Waals surface area contributed by atoms with Crippen molar-refractivity contribution in [2.75, 3.05) is 16.8 Å². The van der Waals surface area contributed by atoms with Crippen molar-refractivity contribution in [2.24, 2.45) is 0 Å². The number of anilines is 2. The van der Waals surface area contributed by atoms with Gasteiger partial charge in [0.05, 0.1) is 6.26 Å². The van der Waals surface area contributed by atoms with Crippen LogP contribution in [-0.4, -0.2) is 24.5 Å². The van der Waals surface area contributed by atoms with E-state index in [1.54, 1.807) is 17.0 Å². The highest BCUT2D eigenvalue weighted by atomic mass is 16.3. The first-order valence-electron chi connectivity index (χ1n) is 9.76. The van der Waals surface area contributed by atoms with Gasteiger partial charge in [0.15, 0.2) is 5.76 Å². The molecule has 2 aromatic rings. The van der Waals surface area contributed by atoms with E-state index in [2.05, 4.69) is 10.6 Å². The van der Waals surface area contributed by atoms with Crippen LogP contribution in [-0.2, 0) is 6.42 Å². The summed E-state index contributed by atoms with van der Waals surface area (Å²) in [5, 5.41) is 6.01. The second-order valence-corrected chi connectivity index (χ2v) is 7.31. The third-order valence-electron chi connectivity index (χ3n) is 5.41. The van der Waals surface area contributed by atoms with E-state index in [0.717, 1.165) is 30.5 Å². The highest BCUT2D eigenvalue weighted by Gasteiger charge is 2.27. The van der Waals surface area contributed by atoms with Crippen molar-refractivity contribution in [1.29, 1.82) is 0 Å². The van der Waals surface area contributed by atoms with Gasteiger partial charge < -0.3 is 20.0 Å². The van der Waals surface area contributed by atoms with Crippen LogP contribution in [0.1, 0.15) is 54.6 Å². The summed E-state index contributed by atoms with van der Waals surface area (Å²) in [7, 11) is 0. The average Bonchev–Trinajstić information content (AvgIpc) is 3.27. The number of urea groups is 1. The maximum absolute atomic E-state index is 12.6. The van der Waals surface area contributed by atoms with Gasteiger partial charge in [0.1, 0.15) is 0 Å². The van der Waals surface area contributed by atoms with Gasteiger partial charge >= 0.3 is 6.03 Å². The fourth-order valence-corrected chi connectivity index (χ4v) is 3.98. The summed E-state index contributed by atoms with van der Waals surface area (Å²) in [6.07, 6.45) is 9.25. The van der Waals surface area contributed by atoms with Gasteiger partial charge in [-0.3, -0.25) is 4.79 Å². The predicted octanol–water partition coefficient (Wildman–Crippen LogP) is 4.33. The van der Waals surface area contributed by atoms with E-state index in [0.29, 0.717) is 18.0 Å².